The van der Waals surface area contributed by atoms with Gasteiger partial charge in [-0.2, -0.15) is 12.6 Å². The summed E-state index contributed by atoms with van der Waals surface area (Å²) >= 11 is 3.86. The molecule has 0 heterocycles. The zero-order valence-electron chi connectivity index (χ0n) is 16.8. The first kappa shape index (κ1) is 26.7. The number of hydrogen-bond donors (Lipinski definition) is 7. The van der Waals surface area contributed by atoms with Gasteiger partial charge in [-0.25, -0.2) is 4.79 Å². The summed E-state index contributed by atoms with van der Waals surface area (Å²) in [5, 5.41) is 25.0. The maximum Gasteiger partial charge on any atom is 0.327 e. The Morgan fingerprint density at radius 2 is 1.34 bits per heavy atom. The van der Waals surface area contributed by atoms with Crippen LogP contribution in [0.5, 0.6) is 0 Å². The summed E-state index contributed by atoms with van der Waals surface area (Å²) < 4.78 is 0. The van der Waals surface area contributed by atoms with E-state index < -0.39 is 66.2 Å². The molecule has 3 amide bonds. The average Bonchev–Trinajstić information content (AvgIpc) is 2.61. The molecule has 0 aromatic carbocycles. The van der Waals surface area contributed by atoms with Crippen LogP contribution in [0.2, 0.25) is 0 Å². The largest absolute Gasteiger partial charge is 0.481 e. The van der Waals surface area contributed by atoms with Crippen molar-refractivity contribution in [2.45, 2.75) is 58.3 Å². The molecule has 0 aliphatic heterocycles. The molecule has 4 atom stereocenters. The Labute approximate surface area is 174 Å². The molecule has 0 saturated heterocycles. The molecule has 166 valence electrons. The number of amides is 3. The van der Waals surface area contributed by atoms with E-state index in [1.807, 2.05) is 0 Å². The van der Waals surface area contributed by atoms with Crippen LogP contribution < -0.4 is 21.7 Å². The van der Waals surface area contributed by atoms with Crippen LogP contribution in [0.15, 0.2) is 0 Å². The predicted octanol–water partition coefficient (Wildman–Crippen LogP) is -1.43. The Hall–Kier alpha value is -2.34. The van der Waals surface area contributed by atoms with E-state index in [-0.39, 0.29) is 11.7 Å². The Morgan fingerprint density at radius 3 is 1.72 bits per heavy atom. The molecular formula is C17H30N4O7S. The molecule has 12 heteroatoms. The van der Waals surface area contributed by atoms with Gasteiger partial charge in [0.15, 0.2) is 0 Å². The number of aliphatic carboxylic acids is 2. The van der Waals surface area contributed by atoms with Gasteiger partial charge < -0.3 is 31.9 Å². The number of thiol groups is 1. The van der Waals surface area contributed by atoms with Gasteiger partial charge in [0.1, 0.15) is 18.1 Å². The van der Waals surface area contributed by atoms with Crippen molar-refractivity contribution in [3.63, 3.8) is 0 Å². The van der Waals surface area contributed by atoms with Gasteiger partial charge in [0.25, 0.3) is 0 Å². The second kappa shape index (κ2) is 12.3. The fourth-order valence-corrected chi connectivity index (χ4v) is 2.44. The molecule has 29 heavy (non-hydrogen) atoms. The van der Waals surface area contributed by atoms with Gasteiger partial charge in [0.05, 0.1) is 12.5 Å². The van der Waals surface area contributed by atoms with Crippen molar-refractivity contribution < 1.29 is 34.2 Å². The molecule has 0 aromatic rings. The number of nitrogens with two attached hydrogens (primary N) is 1. The van der Waals surface area contributed by atoms with Gasteiger partial charge in [-0.15, -0.1) is 0 Å². The fourth-order valence-electron chi connectivity index (χ4n) is 2.19. The number of carbonyl (C=O) groups excluding carboxylic acids is 3. The summed E-state index contributed by atoms with van der Waals surface area (Å²) in [5.74, 6) is -5.86. The zero-order valence-corrected chi connectivity index (χ0v) is 17.7. The predicted molar refractivity (Wildman–Crippen MR) is 107 cm³/mol. The third kappa shape index (κ3) is 9.13. The standard InChI is InChI=1S/C17H30N4O7S/c1-7(2)12(18)15(25)19-9(5-11(22)23)14(24)21-13(8(3)4)16(26)20-10(6-29)17(27)28/h7-10,12-13,29H,5-6,18H2,1-4H3,(H,19,25)(H,20,26)(H,21,24)(H,22,23)(H,27,28). The normalized spacial score (nSPS) is 15.2. The van der Waals surface area contributed by atoms with Crippen LogP contribution in [-0.2, 0) is 24.0 Å². The third-order valence-electron chi connectivity index (χ3n) is 4.08. The zero-order chi connectivity index (χ0) is 22.9. The van der Waals surface area contributed by atoms with Crippen molar-refractivity contribution >= 4 is 42.3 Å². The number of rotatable bonds is 12. The first-order valence-corrected chi connectivity index (χ1v) is 9.67. The lowest BCUT2D eigenvalue weighted by Gasteiger charge is -2.26. The molecule has 0 saturated carbocycles. The van der Waals surface area contributed by atoms with Crippen LogP contribution in [0.25, 0.3) is 0 Å². The summed E-state index contributed by atoms with van der Waals surface area (Å²) in [6.45, 7) is 6.60. The molecular weight excluding hydrogens is 404 g/mol. The van der Waals surface area contributed by atoms with Crippen molar-refractivity contribution in [3.05, 3.63) is 0 Å². The second-order valence-corrected chi connectivity index (χ2v) is 7.61. The number of nitrogens with one attached hydrogen (secondary N) is 3. The van der Waals surface area contributed by atoms with Crippen LogP contribution >= 0.6 is 12.6 Å². The number of carbonyl (C=O) groups is 5. The van der Waals surface area contributed by atoms with E-state index in [0.29, 0.717) is 0 Å². The third-order valence-corrected chi connectivity index (χ3v) is 4.44. The van der Waals surface area contributed by atoms with Crippen LogP contribution in [0.4, 0.5) is 0 Å². The molecule has 0 fully saturated rings. The van der Waals surface area contributed by atoms with Gasteiger partial charge in [0.2, 0.25) is 17.7 Å². The molecule has 0 bridgehead atoms. The van der Waals surface area contributed by atoms with Crippen molar-refractivity contribution in [1.82, 2.24) is 16.0 Å². The maximum atomic E-state index is 12.6. The van der Waals surface area contributed by atoms with E-state index in [9.17, 15) is 24.0 Å². The highest BCUT2D eigenvalue weighted by molar-refractivity contribution is 7.80. The smallest absolute Gasteiger partial charge is 0.327 e. The van der Waals surface area contributed by atoms with Crippen LogP contribution in [-0.4, -0.2) is 69.8 Å². The van der Waals surface area contributed by atoms with E-state index in [2.05, 4.69) is 28.6 Å². The molecule has 11 nitrogen and oxygen atoms in total. The van der Waals surface area contributed by atoms with E-state index in [1.54, 1.807) is 27.7 Å². The highest BCUT2D eigenvalue weighted by Crippen LogP contribution is 2.06. The van der Waals surface area contributed by atoms with Gasteiger partial charge in [0, 0.05) is 5.75 Å². The highest BCUT2D eigenvalue weighted by Gasteiger charge is 2.32. The van der Waals surface area contributed by atoms with Gasteiger partial charge in [-0.05, 0) is 11.8 Å². The van der Waals surface area contributed by atoms with E-state index in [1.165, 1.54) is 0 Å². The SMILES string of the molecule is CC(C)C(N)C(=O)NC(CC(=O)O)C(=O)NC(C(=O)NC(CS)C(=O)O)C(C)C. The minimum Gasteiger partial charge on any atom is -0.481 e. The Bertz CT molecular complexity index is 627. The number of hydrogen-bond acceptors (Lipinski definition) is 7. The minimum absolute atomic E-state index is 0.162. The van der Waals surface area contributed by atoms with E-state index >= 15 is 0 Å². The lowest BCUT2D eigenvalue weighted by molar-refractivity contribution is -0.143. The molecule has 0 aliphatic rings. The molecule has 0 aromatic heterocycles. The van der Waals surface area contributed by atoms with Crippen molar-refractivity contribution in [1.29, 1.82) is 0 Å². The van der Waals surface area contributed by atoms with E-state index in [0.717, 1.165) is 0 Å². The van der Waals surface area contributed by atoms with Crippen molar-refractivity contribution in [3.8, 4) is 0 Å². The highest BCUT2D eigenvalue weighted by atomic mass is 32.1. The molecule has 0 aliphatic carbocycles. The maximum absolute atomic E-state index is 12.6. The summed E-state index contributed by atoms with van der Waals surface area (Å²) in [6, 6.07) is -4.83. The first-order valence-electron chi connectivity index (χ1n) is 9.03. The monoisotopic (exact) mass is 434 g/mol. The second-order valence-electron chi connectivity index (χ2n) is 7.24. The number of carboxylic acids is 2. The molecule has 0 rings (SSSR count). The van der Waals surface area contributed by atoms with Crippen LogP contribution in [0.1, 0.15) is 34.1 Å². The van der Waals surface area contributed by atoms with Crippen molar-refractivity contribution in [2.24, 2.45) is 17.6 Å². The van der Waals surface area contributed by atoms with Crippen LogP contribution in [0, 0.1) is 11.8 Å². The quantitative estimate of drug-likeness (QED) is 0.182. The first-order chi connectivity index (χ1) is 13.3. The summed E-state index contributed by atoms with van der Waals surface area (Å²) in [7, 11) is 0. The van der Waals surface area contributed by atoms with Gasteiger partial charge in [-0.1, -0.05) is 27.7 Å². The Kier molecular flexibility index (Phi) is 11.3. The Balaban J connectivity index is 5.38. The molecule has 7 N–H and O–H groups in total. The van der Waals surface area contributed by atoms with E-state index in [4.69, 9.17) is 15.9 Å². The fraction of sp³-hybridized carbons (Fsp3) is 0.706. The lowest BCUT2D eigenvalue weighted by Crippen LogP contribution is -2.59. The Morgan fingerprint density at radius 1 is 0.828 bits per heavy atom. The minimum atomic E-state index is -1.46. The molecule has 0 spiro atoms. The van der Waals surface area contributed by atoms with Crippen molar-refractivity contribution in [2.75, 3.05) is 5.75 Å². The van der Waals surface area contributed by atoms with Gasteiger partial charge >= 0.3 is 11.9 Å². The summed E-state index contributed by atoms with van der Waals surface area (Å²) in [6.07, 6.45) is -0.719. The molecule has 0 radical (unpaired) electrons. The number of carboxylic acid groups (broad SMARTS) is 2. The lowest BCUT2D eigenvalue weighted by atomic mass is 10.0. The van der Waals surface area contributed by atoms with Gasteiger partial charge in [-0.3, -0.25) is 19.2 Å². The average molecular weight is 435 g/mol. The summed E-state index contributed by atoms with van der Waals surface area (Å²) in [4.78, 5) is 59.3. The topological polar surface area (TPSA) is 188 Å². The summed E-state index contributed by atoms with van der Waals surface area (Å²) in [5.41, 5.74) is 5.72. The molecule has 4 unspecified atom stereocenters. The van der Waals surface area contributed by atoms with Crippen LogP contribution in [0.3, 0.4) is 0 Å².